The number of aliphatic hydroxyl groups is 1. The monoisotopic (exact) mass is 668 g/mol. The largest absolute Gasteiger partial charge is 0.465 e. The smallest absolute Gasteiger partial charge is 0.310 e. The fourth-order valence-corrected chi connectivity index (χ4v) is 10.7. The number of aliphatic hydroxyl groups excluding tert-OH is 1. The van der Waals surface area contributed by atoms with Crippen molar-refractivity contribution in [2.45, 2.75) is 65.8 Å². The van der Waals surface area contributed by atoms with Gasteiger partial charge in [0, 0.05) is 35.5 Å². The minimum absolute atomic E-state index is 0.0157. The van der Waals surface area contributed by atoms with Gasteiger partial charge < -0.3 is 19.6 Å². The summed E-state index contributed by atoms with van der Waals surface area (Å²) in [4.78, 5) is 46.1. The number of amides is 2. The maximum absolute atomic E-state index is 14.8. The zero-order valence-electron chi connectivity index (χ0n) is 24.5. The Balaban J connectivity index is 1.49. The lowest BCUT2D eigenvalue weighted by atomic mass is 9.71. The molecule has 2 aromatic rings. The van der Waals surface area contributed by atoms with Gasteiger partial charge in [0.15, 0.2) is 0 Å². The second-order valence-electron chi connectivity index (χ2n) is 11.7. The van der Waals surface area contributed by atoms with Crippen LogP contribution in [-0.4, -0.2) is 75.0 Å². The minimum atomic E-state index is -0.743. The lowest BCUT2D eigenvalue weighted by molar-refractivity contribution is -0.154. The Hall–Kier alpha value is -2.62. The topological polar surface area (TPSA) is 87.2 Å². The number of hydrogen-bond acceptors (Lipinski definition) is 6. The molecule has 6 atom stereocenters. The number of anilines is 1. The van der Waals surface area contributed by atoms with Crippen molar-refractivity contribution in [1.82, 2.24) is 4.90 Å². The van der Waals surface area contributed by atoms with Crippen LogP contribution in [-0.2, 0) is 19.1 Å². The second kappa shape index (κ2) is 14.0. The van der Waals surface area contributed by atoms with Crippen molar-refractivity contribution in [2.75, 3.05) is 31.2 Å². The zero-order valence-corrected chi connectivity index (χ0v) is 26.9. The van der Waals surface area contributed by atoms with Crippen molar-refractivity contribution >= 4 is 61.9 Å². The van der Waals surface area contributed by atoms with Crippen molar-refractivity contribution in [3.05, 3.63) is 67.8 Å². The molecule has 230 valence electrons. The normalized spacial score (nSPS) is 27.3. The number of hydrogen-bond donors (Lipinski definition) is 1. The number of likely N-dealkylation sites (tertiary alicyclic amines) is 1. The first kappa shape index (κ1) is 31.8. The Bertz CT molecular complexity index is 1370. The van der Waals surface area contributed by atoms with Gasteiger partial charge in [0.05, 0.1) is 23.2 Å². The van der Waals surface area contributed by atoms with E-state index in [-0.39, 0.29) is 34.5 Å². The van der Waals surface area contributed by atoms with Gasteiger partial charge in [-0.1, -0.05) is 58.4 Å². The van der Waals surface area contributed by atoms with E-state index in [1.165, 1.54) is 0 Å². The van der Waals surface area contributed by atoms with Crippen LogP contribution in [0.3, 0.4) is 0 Å². The van der Waals surface area contributed by atoms with Crippen molar-refractivity contribution in [3.63, 3.8) is 0 Å². The highest BCUT2D eigenvalue weighted by molar-refractivity contribution is 9.09. The maximum atomic E-state index is 14.8. The third-order valence-corrected chi connectivity index (χ3v) is 12.2. The standard InChI is InChI=1S/C34H41BrN2O5S/c1-3-5-6-12-20-42-33(41)27-28-31(39)37(18-10-7-11-19-38)30(34(28)22-26(35)29(27)43-34)32(40)36(17-4-2)25-16-15-23-13-8-9-14-24(23)21-25/h3-4,8-9,13-16,21,26-30,38H,1-2,5-7,10-12,17-20,22H2/t26?,27-,28+,29-,30?,34?/m1/s1. The molecule has 7 nitrogen and oxygen atoms in total. The fourth-order valence-electron chi connectivity index (χ4n) is 7.09. The summed E-state index contributed by atoms with van der Waals surface area (Å²) in [6.07, 6.45) is 8.71. The van der Waals surface area contributed by atoms with Gasteiger partial charge in [-0.3, -0.25) is 14.4 Å². The van der Waals surface area contributed by atoms with E-state index in [1.807, 2.05) is 48.5 Å². The predicted molar refractivity (Wildman–Crippen MR) is 176 cm³/mol. The minimum Gasteiger partial charge on any atom is -0.465 e. The summed E-state index contributed by atoms with van der Waals surface area (Å²) < 4.78 is 5.01. The van der Waals surface area contributed by atoms with Crippen molar-refractivity contribution in [1.29, 1.82) is 0 Å². The number of nitrogens with zero attached hydrogens (tertiary/aromatic N) is 2. The van der Waals surface area contributed by atoms with Gasteiger partial charge in [0.2, 0.25) is 5.91 Å². The molecule has 0 saturated carbocycles. The highest BCUT2D eigenvalue weighted by Crippen LogP contribution is 2.68. The van der Waals surface area contributed by atoms with Gasteiger partial charge in [-0.15, -0.1) is 24.9 Å². The number of esters is 1. The third-order valence-electron chi connectivity index (χ3n) is 9.02. The molecular formula is C34H41BrN2O5S. The first-order valence-electron chi connectivity index (χ1n) is 15.3. The Labute approximate surface area is 266 Å². The Morgan fingerprint density at radius 2 is 1.88 bits per heavy atom. The number of carbonyl (C=O) groups is 3. The quantitative estimate of drug-likeness (QED) is 0.110. The van der Waals surface area contributed by atoms with E-state index >= 15 is 0 Å². The summed E-state index contributed by atoms with van der Waals surface area (Å²) in [5.41, 5.74) is 0.750. The molecule has 43 heavy (non-hydrogen) atoms. The van der Waals surface area contributed by atoms with E-state index in [0.29, 0.717) is 39.0 Å². The summed E-state index contributed by atoms with van der Waals surface area (Å²) in [6.45, 7) is 8.76. The molecule has 3 unspecified atom stereocenters. The van der Waals surface area contributed by atoms with Crippen LogP contribution in [0.2, 0.25) is 0 Å². The number of unbranched alkanes of at least 4 members (excludes halogenated alkanes) is 4. The summed E-state index contributed by atoms with van der Waals surface area (Å²) in [7, 11) is 0. The number of allylic oxidation sites excluding steroid dienone is 1. The number of alkyl halides is 1. The van der Waals surface area contributed by atoms with Crippen LogP contribution < -0.4 is 4.90 Å². The van der Waals surface area contributed by atoms with Crippen LogP contribution in [0.15, 0.2) is 67.8 Å². The first-order valence-corrected chi connectivity index (χ1v) is 17.1. The molecule has 0 radical (unpaired) electrons. The van der Waals surface area contributed by atoms with E-state index in [4.69, 9.17) is 4.74 Å². The zero-order chi connectivity index (χ0) is 30.6. The van der Waals surface area contributed by atoms with Crippen molar-refractivity contribution in [3.8, 4) is 0 Å². The van der Waals surface area contributed by atoms with Crippen molar-refractivity contribution in [2.24, 2.45) is 11.8 Å². The van der Waals surface area contributed by atoms with Gasteiger partial charge in [-0.2, -0.15) is 0 Å². The number of thioether (sulfide) groups is 1. The summed E-state index contributed by atoms with van der Waals surface area (Å²) in [6, 6.07) is 13.2. The number of carbonyl (C=O) groups excluding carboxylic acids is 3. The summed E-state index contributed by atoms with van der Waals surface area (Å²) in [5.74, 6) is -1.86. The van der Waals surface area contributed by atoms with Gasteiger partial charge in [0.25, 0.3) is 5.91 Å². The molecule has 2 amide bonds. The number of halogens is 1. The highest BCUT2D eigenvalue weighted by atomic mass is 79.9. The number of ether oxygens (including phenoxy) is 1. The van der Waals surface area contributed by atoms with E-state index in [9.17, 15) is 19.5 Å². The molecule has 0 aliphatic carbocycles. The average molecular weight is 670 g/mol. The molecule has 9 heteroatoms. The Morgan fingerprint density at radius 3 is 2.63 bits per heavy atom. The number of fused-ring (bicyclic) bond motifs is 2. The lowest BCUT2D eigenvalue weighted by Crippen LogP contribution is -2.55. The summed E-state index contributed by atoms with van der Waals surface area (Å²) >= 11 is 5.45. The number of benzene rings is 2. The van der Waals surface area contributed by atoms with Crippen LogP contribution in [0.1, 0.15) is 44.9 Å². The summed E-state index contributed by atoms with van der Waals surface area (Å²) in [5, 5.41) is 11.3. The SMILES string of the molecule is C=CCCCCOC(=O)[C@H]1[C@@H]2SC3(CC2Br)C(C(=O)N(CC=C)c2ccc4ccccc4c2)N(CCCCCO)C(=O)[C@H]13. The van der Waals surface area contributed by atoms with Gasteiger partial charge >= 0.3 is 5.97 Å². The molecule has 3 fully saturated rings. The Kier molecular flexibility index (Phi) is 10.3. The van der Waals surface area contributed by atoms with Crippen LogP contribution in [0.25, 0.3) is 10.8 Å². The van der Waals surface area contributed by atoms with E-state index in [2.05, 4.69) is 29.1 Å². The lowest BCUT2D eigenvalue weighted by Gasteiger charge is -2.38. The van der Waals surface area contributed by atoms with Crippen LogP contribution in [0.5, 0.6) is 0 Å². The van der Waals surface area contributed by atoms with Crippen LogP contribution in [0, 0.1) is 11.8 Å². The Morgan fingerprint density at radius 1 is 1.09 bits per heavy atom. The van der Waals surface area contributed by atoms with Gasteiger partial charge in [-0.05, 0) is 67.9 Å². The average Bonchev–Trinajstić information content (AvgIpc) is 3.60. The van der Waals surface area contributed by atoms with Gasteiger partial charge in [0.1, 0.15) is 6.04 Å². The first-order chi connectivity index (χ1) is 20.9. The molecule has 3 aliphatic rings. The van der Waals surface area contributed by atoms with Crippen LogP contribution >= 0.6 is 27.7 Å². The maximum Gasteiger partial charge on any atom is 0.310 e. The van der Waals surface area contributed by atoms with E-state index in [0.717, 1.165) is 42.1 Å². The molecular weight excluding hydrogens is 628 g/mol. The molecule has 1 spiro atoms. The molecule has 2 aromatic carbocycles. The second-order valence-corrected chi connectivity index (χ2v) is 14.4. The fraction of sp³-hybridized carbons (Fsp3) is 0.500. The molecule has 3 heterocycles. The predicted octanol–water partition coefficient (Wildman–Crippen LogP) is 5.89. The molecule has 2 bridgehead atoms. The van der Waals surface area contributed by atoms with Gasteiger partial charge in [-0.25, -0.2) is 0 Å². The molecule has 5 rings (SSSR count). The van der Waals surface area contributed by atoms with Crippen LogP contribution in [0.4, 0.5) is 5.69 Å². The molecule has 1 N–H and O–H groups in total. The number of rotatable bonds is 15. The van der Waals surface area contributed by atoms with Crippen molar-refractivity contribution < 1.29 is 24.2 Å². The highest BCUT2D eigenvalue weighted by Gasteiger charge is 2.76. The molecule has 3 aliphatic heterocycles. The van der Waals surface area contributed by atoms with E-state index in [1.54, 1.807) is 27.6 Å². The van der Waals surface area contributed by atoms with E-state index < -0.39 is 22.6 Å². The molecule has 3 saturated heterocycles. The molecule has 0 aromatic heterocycles. The third kappa shape index (κ3) is 6.05.